The number of allylic oxidation sites excluding steroid dienone is 1. The van der Waals surface area contributed by atoms with Gasteiger partial charge in [0.05, 0.1) is 24.8 Å². The summed E-state index contributed by atoms with van der Waals surface area (Å²) in [4.78, 5) is 26.4. The van der Waals surface area contributed by atoms with Gasteiger partial charge in [0.2, 0.25) is 5.91 Å². The van der Waals surface area contributed by atoms with E-state index in [0.717, 1.165) is 38.5 Å². The summed E-state index contributed by atoms with van der Waals surface area (Å²) in [5.74, 6) is -1.66. The maximum atomic E-state index is 13.3. The number of carbonyl (C=O) groups is 2. The average molecular weight is 704 g/mol. The van der Waals surface area contributed by atoms with Crippen LogP contribution >= 0.6 is 0 Å². The van der Waals surface area contributed by atoms with E-state index in [1.54, 1.807) is 38.1 Å². The molecule has 0 aliphatic carbocycles. The van der Waals surface area contributed by atoms with Gasteiger partial charge >= 0.3 is 5.97 Å². The second-order valence-corrected chi connectivity index (χ2v) is 14.2. The second-order valence-electron chi connectivity index (χ2n) is 14.2. The van der Waals surface area contributed by atoms with Crippen molar-refractivity contribution < 1.29 is 43.5 Å². The minimum Gasteiger partial charge on any atom is -0.452 e. The van der Waals surface area contributed by atoms with Gasteiger partial charge < -0.3 is 39.2 Å². The Hall–Kier alpha value is -2.34. The number of aliphatic hydroxyl groups excluding tert-OH is 2. The molecule has 0 unspecified atom stereocenters. The zero-order valence-corrected chi connectivity index (χ0v) is 31.1. The Labute approximate surface area is 300 Å². The lowest BCUT2D eigenvalue weighted by atomic mass is 9.99. The topological polar surface area (TPSA) is 133 Å². The zero-order chi connectivity index (χ0) is 36.2. The molecular formula is C40H65NO9. The fourth-order valence-corrected chi connectivity index (χ4v) is 6.55. The minimum absolute atomic E-state index is 0.128. The summed E-state index contributed by atoms with van der Waals surface area (Å²) in [5, 5.41) is 24.2. The fourth-order valence-electron chi connectivity index (χ4n) is 6.55. The summed E-state index contributed by atoms with van der Waals surface area (Å²) >= 11 is 0. The van der Waals surface area contributed by atoms with Crippen LogP contribution in [-0.4, -0.2) is 83.9 Å². The summed E-state index contributed by atoms with van der Waals surface area (Å²) in [6, 6.07) is 7.97. The lowest BCUT2D eigenvalue weighted by molar-refractivity contribution is -0.284. The van der Waals surface area contributed by atoms with E-state index in [1.165, 1.54) is 57.8 Å². The largest absolute Gasteiger partial charge is 0.452 e. The molecule has 1 aromatic carbocycles. The molecule has 0 saturated carbocycles. The second kappa shape index (κ2) is 23.3. The molecule has 2 aliphatic rings. The van der Waals surface area contributed by atoms with Gasteiger partial charge in [-0.3, -0.25) is 4.79 Å². The molecule has 0 bridgehead atoms. The van der Waals surface area contributed by atoms with E-state index in [-0.39, 0.29) is 19.1 Å². The number of amides is 1. The first-order valence-electron chi connectivity index (χ1n) is 19.3. The van der Waals surface area contributed by atoms with Gasteiger partial charge in [0.1, 0.15) is 30.5 Å². The van der Waals surface area contributed by atoms with E-state index in [0.29, 0.717) is 12.0 Å². The van der Waals surface area contributed by atoms with Gasteiger partial charge in [-0.25, -0.2) is 4.79 Å². The van der Waals surface area contributed by atoms with E-state index < -0.39 is 54.6 Å². The molecule has 3 rings (SSSR count). The first kappa shape index (κ1) is 42.1. The standard InChI is InChI=1S/C40H65NO9/c1-5-7-9-10-11-12-13-14-15-16-17-18-23-26-32(47-38(45)30-24-21-19-22-25-30)31(41-34(43)27-20-8-6-2)29-46-39-35(44)37-36(33(28-42)48-39)49-40(3,4)50-37/h19,21-26,31-33,35-37,39,42,44H,5-18,20,27-29H2,1-4H3,(H,41,43)/b26-23+/t31-,32+,33+,35+,36-,37+,39+/m0/s1. The molecule has 50 heavy (non-hydrogen) atoms. The van der Waals surface area contributed by atoms with E-state index in [2.05, 4.69) is 19.2 Å². The number of aliphatic hydroxyl groups is 2. The quantitative estimate of drug-likeness (QED) is 0.0552. The highest BCUT2D eigenvalue weighted by atomic mass is 16.8. The molecule has 0 aromatic heterocycles. The number of benzene rings is 1. The maximum Gasteiger partial charge on any atom is 0.338 e. The van der Waals surface area contributed by atoms with Crippen LogP contribution in [0, 0.1) is 0 Å². The lowest BCUT2D eigenvalue weighted by Crippen LogP contribution is -2.59. The maximum absolute atomic E-state index is 13.3. The molecule has 7 atom stereocenters. The molecule has 2 fully saturated rings. The van der Waals surface area contributed by atoms with E-state index >= 15 is 0 Å². The van der Waals surface area contributed by atoms with Gasteiger partial charge in [-0.05, 0) is 51.3 Å². The predicted molar refractivity (Wildman–Crippen MR) is 193 cm³/mol. The van der Waals surface area contributed by atoms with E-state index in [1.807, 2.05) is 18.2 Å². The third kappa shape index (κ3) is 14.7. The van der Waals surface area contributed by atoms with Crippen molar-refractivity contribution in [2.24, 2.45) is 0 Å². The molecule has 0 spiro atoms. The molecule has 2 saturated heterocycles. The van der Waals surface area contributed by atoms with Crippen LogP contribution in [0.25, 0.3) is 0 Å². The van der Waals surface area contributed by atoms with Crippen molar-refractivity contribution in [3.05, 3.63) is 48.0 Å². The Balaban J connectivity index is 1.66. The van der Waals surface area contributed by atoms with Gasteiger partial charge in [-0.1, -0.05) is 115 Å². The molecule has 2 aliphatic heterocycles. The van der Waals surface area contributed by atoms with Crippen molar-refractivity contribution in [3.63, 3.8) is 0 Å². The van der Waals surface area contributed by atoms with Gasteiger partial charge in [0, 0.05) is 6.42 Å². The highest BCUT2D eigenvalue weighted by molar-refractivity contribution is 5.89. The Kier molecular flexibility index (Phi) is 19.6. The summed E-state index contributed by atoms with van der Waals surface area (Å²) < 4.78 is 29.9. The highest BCUT2D eigenvalue weighted by Crippen LogP contribution is 2.37. The molecule has 284 valence electrons. The summed E-state index contributed by atoms with van der Waals surface area (Å²) in [6.45, 7) is 7.31. The zero-order valence-electron chi connectivity index (χ0n) is 31.1. The number of hydrogen-bond donors (Lipinski definition) is 3. The number of unbranched alkanes of at least 4 members (excludes halogenated alkanes) is 13. The third-order valence-electron chi connectivity index (χ3n) is 9.38. The summed E-state index contributed by atoms with van der Waals surface area (Å²) in [7, 11) is 0. The molecule has 1 amide bonds. The van der Waals surface area contributed by atoms with Crippen LogP contribution < -0.4 is 5.32 Å². The van der Waals surface area contributed by atoms with Gasteiger partial charge in [-0.2, -0.15) is 0 Å². The van der Waals surface area contributed by atoms with Crippen molar-refractivity contribution in [1.29, 1.82) is 0 Å². The Bertz CT molecular complexity index is 1110. The van der Waals surface area contributed by atoms with Crippen molar-refractivity contribution >= 4 is 11.9 Å². The summed E-state index contributed by atoms with van der Waals surface area (Å²) in [6.07, 6.45) is 16.0. The fraction of sp³-hybridized carbons (Fsp3) is 0.750. The smallest absolute Gasteiger partial charge is 0.338 e. The number of esters is 1. The predicted octanol–water partition coefficient (Wildman–Crippen LogP) is 7.15. The molecule has 10 heteroatoms. The minimum atomic E-state index is -1.22. The average Bonchev–Trinajstić information content (AvgIpc) is 3.44. The van der Waals surface area contributed by atoms with Crippen LogP contribution in [0.5, 0.6) is 0 Å². The van der Waals surface area contributed by atoms with Crippen LogP contribution in [0.3, 0.4) is 0 Å². The van der Waals surface area contributed by atoms with Crippen molar-refractivity contribution in [2.45, 2.75) is 179 Å². The lowest BCUT2D eigenvalue weighted by Gasteiger charge is -2.39. The van der Waals surface area contributed by atoms with Crippen molar-refractivity contribution in [2.75, 3.05) is 13.2 Å². The number of carbonyl (C=O) groups excluding carboxylic acids is 2. The number of fused-ring (bicyclic) bond motifs is 1. The van der Waals surface area contributed by atoms with Gasteiger partial charge in [-0.15, -0.1) is 0 Å². The van der Waals surface area contributed by atoms with Crippen molar-refractivity contribution in [3.8, 4) is 0 Å². The first-order chi connectivity index (χ1) is 24.2. The molecule has 1 aromatic rings. The number of nitrogens with one attached hydrogen (secondary N) is 1. The monoisotopic (exact) mass is 703 g/mol. The normalized spacial score (nSPS) is 24.2. The number of hydrogen-bond acceptors (Lipinski definition) is 9. The molecule has 3 N–H and O–H groups in total. The van der Waals surface area contributed by atoms with Crippen LogP contribution in [0.1, 0.15) is 141 Å². The van der Waals surface area contributed by atoms with Crippen LogP contribution in [0.2, 0.25) is 0 Å². The molecular weight excluding hydrogens is 638 g/mol. The Morgan fingerprint density at radius 3 is 2.12 bits per heavy atom. The summed E-state index contributed by atoms with van der Waals surface area (Å²) in [5.41, 5.74) is 0.397. The van der Waals surface area contributed by atoms with Gasteiger partial charge in [0.15, 0.2) is 12.1 Å². The Morgan fingerprint density at radius 2 is 1.48 bits per heavy atom. The number of ether oxygens (including phenoxy) is 5. The SMILES string of the molecule is CCCCCCCCCCCCC/C=C/[C@@H](OC(=O)c1ccccc1)[C@H](CO[C@@H]1O[C@H](CO)[C@@H]2OC(C)(C)O[C@@H]2[C@H]1O)NC(=O)CCCCC. The van der Waals surface area contributed by atoms with Crippen LogP contribution in [0.4, 0.5) is 0 Å². The van der Waals surface area contributed by atoms with Crippen molar-refractivity contribution in [1.82, 2.24) is 5.32 Å². The van der Waals surface area contributed by atoms with E-state index in [9.17, 15) is 19.8 Å². The first-order valence-corrected chi connectivity index (χ1v) is 19.3. The molecule has 0 radical (unpaired) electrons. The third-order valence-corrected chi connectivity index (χ3v) is 9.38. The molecule has 10 nitrogen and oxygen atoms in total. The van der Waals surface area contributed by atoms with Gasteiger partial charge in [0.25, 0.3) is 0 Å². The van der Waals surface area contributed by atoms with E-state index in [4.69, 9.17) is 23.7 Å². The number of rotatable bonds is 25. The molecule has 2 heterocycles. The highest BCUT2D eigenvalue weighted by Gasteiger charge is 2.55. The van der Waals surface area contributed by atoms with Crippen LogP contribution in [-0.2, 0) is 28.5 Å². The van der Waals surface area contributed by atoms with Crippen LogP contribution in [0.15, 0.2) is 42.5 Å². The Morgan fingerprint density at radius 1 is 0.880 bits per heavy atom.